The zero-order chi connectivity index (χ0) is 32.4. The van der Waals surface area contributed by atoms with Crippen LogP contribution >= 0.6 is 0 Å². The van der Waals surface area contributed by atoms with E-state index in [4.69, 9.17) is 48.2 Å². The van der Waals surface area contributed by atoms with Crippen LogP contribution in [0.2, 0.25) is 0 Å². The van der Waals surface area contributed by atoms with Gasteiger partial charge in [0.1, 0.15) is 37.6 Å². The molecule has 2 rings (SSSR count). The summed E-state index contributed by atoms with van der Waals surface area (Å²) in [5, 5.41) is 14.1. The van der Waals surface area contributed by atoms with Gasteiger partial charge in [0, 0.05) is 46.5 Å². The molecule has 1 N–H and O–H groups in total. The van der Waals surface area contributed by atoms with Crippen LogP contribution in [0.5, 0.6) is 0 Å². The van der Waals surface area contributed by atoms with E-state index in [-0.39, 0.29) is 0 Å². The topological polar surface area (TPSA) is 254 Å². The number of nitrogens with zero attached hydrogens (tertiary/aromatic N) is 3. The first-order valence-electron chi connectivity index (χ1n) is 12.8. The average molecular weight is 620 g/mol. The molecule has 0 aromatic heterocycles. The van der Waals surface area contributed by atoms with E-state index in [2.05, 4.69) is 10.0 Å². The second-order valence-corrected chi connectivity index (χ2v) is 9.31. The van der Waals surface area contributed by atoms with Crippen LogP contribution in [-0.2, 0) is 71.4 Å². The molecule has 2 aliphatic rings. The van der Waals surface area contributed by atoms with Gasteiger partial charge in [0.25, 0.3) is 0 Å². The standard InChI is InChI=1S/C24H33N3O16/c1-9(28)35-7-15-18(37-11(3)30)20(17(26-27-25)23(34)41-15)43-24-22(40-14(6)33)21(39-13(5)32)19(38-12(4)31)16(42-24)8-36-10(2)29/h15-24,34H,7-8H2,1-6H3/t15-,16-,17-,18+,19+,20-,21+,22-,23?,24+/m1/s1. The summed E-state index contributed by atoms with van der Waals surface area (Å²) < 4.78 is 48.6. The Kier molecular flexibility index (Phi) is 13.1. The van der Waals surface area contributed by atoms with Gasteiger partial charge in [-0.1, -0.05) is 5.11 Å². The van der Waals surface area contributed by atoms with Crippen molar-refractivity contribution in [2.75, 3.05) is 13.2 Å². The van der Waals surface area contributed by atoms with Crippen LogP contribution in [0.15, 0.2) is 5.11 Å². The molecular weight excluding hydrogens is 586 g/mol. The summed E-state index contributed by atoms with van der Waals surface area (Å²) in [5.74, 6) is -5.07. The Morgan fingerprint density at radius 2 is 1.07 bits per heavy atom. The monoisotopic (exact) mass is 619 g/mol. The maximum Gasteiger partial charge on any atom is 0.303 e. The summed E-state index contributed by atoms with van der Waals surface area (Å²) in [7, 11) is 0. The third-order valence-electron chi connectivity index (χ3n) is 5.81. The zero-order valence-electron chi connectivity index (χ0n) is 24.1. The minimum absolute atomic E-state index is 0.550. The van der Waals surface area contributed by atoms with Gasteiger partial charge >= 0.3 is 35.8 Å². The fraction of sp³-hybridized carbons (Fsp3) is 0.750. The predicted molar refractivity (Wildman–Crippen MR) is 133 cm³/mol. The van der Waals surface area contributed by atoms with E-state index in [1.54, 1.807) is 0 Å². The first-order valence-corrected chi connectivity index (χ1v) is 12.8. The van der Waals surface area contributed by atoms with Gasteiger partial charge in [0.05, 0.1) is 0 Å². The van der Waals surface area contributed by atoms with E-state index in [0.717, 1.165) is 41.5 Å². The number of hydrogen-bond acceptors (Lipinski definition) is 17. The van der Waals surface area contributed by atoms with Crippen molar-refractivity contribution < 1.29 is 76.5 Å². The Hall–Kier alpha value is -4.03. The fourth-order valence-corrected chi connectivity index (χ4v) is 4.37. The Balaban J connectivity index is 2.65. The number of hydrogen-bond donors (Lipinski definition) is 1. The van der Waals surface area contributed by atoms with Gasteiger partial charge in [-0.2, -0.15) is 0 Å². The SMILES string of the molecule is CC(=O)OC[C@H]1O[C@@H](O[C@H]2[C@@H](OC(C)=O)[C@@H](COC(C)=O)OC(O)[C@@H]2N=[N+]=[N-])[C@H](OC(C)=O)[C@@H](OC(C)=O)[C@H]1OC(C)=O. The average Bonchev–Trinajstić information content (AvgIpc) is 2.87. The third kappa shape index (κ3) is 10.3. The molecule has 0 aliphatic carbocycles. The van der Waals surface area contributed by atoms with Crippen molar-refractivity contribution in [2.45, 2.75) is 103 Å². The van der Waals surface area contributed by atoms with Crippen molar-refractivity contribution in [3.63, 3.8) is 0 Å². The minimum atomic E-state index is -1.90. The second-order valence-electron chi connectivity index (χ2n) is 9.31. The van der Waals surface area contributed by atoms with E-state index in [0.29, 0.717) is 0 Å². The van der Waals surface area contributed by atoms with Crippen molar-refractivity contribution in [2.24, 2.45) is 5.11 Å². The Morgan fingerprint density at radius 1 is 0.651 bits per heavy atom. The smallest absolute Gasteiger partial charge is 0.303 e. The summed E-state index contributed by atoms with van der Waals surface area (Å²) in [6.07, 6.45) is -14.5. The molecule has 0 bridgehead atoms. The van der Waals surface area contributed by atoms with Crippen LogP contribution in [0.25, 0.3) is 10.4 Å². The number of aliphatic hydroxyl groups is 1. The highest BCUT2D eigenvalue weighted by molar-refractivity contribution is 5.69. The number of rotatable bonds is 11. The lowest BCUT2D eigenvalue weighted by Gasteiger charge is -2.48. The van der Waals surface area contributed by atoms with Crippen LogP contribution in [0.3, 0.4) is 0 Å². The number of carbonyl (C=O) groups is 6. The Labute approximate surface area is 244 Å². The van der Waals surface area contributed by atoms with Gasteiger partial charge in [-0.3, -0.25) is 28.8 Å². The van der Waals surface area contributed by atoms with Gasteiger partial charge in [0.2, 0.25) is 0 Å². The van der Waals surface area contributed by atoms with E-state index in [1.807, 2.05) is 0 Å². The van der Waals surface area contributed by atoms with Crippen molar-refractivity contribution >= 4 is 35.8 Å². The molecule has 43 heavy (non-hydrogen) atoms. The molecular formula is C24H33N3O16. The Bertz CT molecular complexity index is 1110. The summed E-state index contributed by atoms with van der Waals surface area (Å²) >= 11 is 0. The van der Waals surface area contributed by atoms with Gasteiger partial charge in [0.15, 0.2) is 37.0 Å². The number of carbonyl (C=O) groups excluding carboxylic acids is 6. The predicted octanol–water partition coefficient (Wildman–Crippen LogP) is -0.654. The Morgan fingerprint density at radius 3 is 1.51 bits per heavy atom. The lowest BCUT2D eigenvalue weighted by Crippen LogP contribution is -2.66. The quantitative estimate of drug-likeness (QED) is 0.0990. The summed E-state index contributed by atoms with van der Waals surface area (Å²) in [6.45, 7) is 5.15. The third-order valence-corrected chi connectivity index (χ3v) is 5.81. The maximum atomic E-state index is 12.1. The van der Waals surface area contributed by atoms with Crippen molar-refractivity contribution in [3.8, 4) is 0 Å². The van der Waals surface area contributed by atoms with Crippen LogP contribution < -0.4 is 0 Å². The molecule has 0 saturated carbocycles. The fourth-order valence-electron chi connectivity index (χ4n) is 4.37. The summed E-state index contributed by atoms with van der Waals surface area (Å²) in [6, 6.07) is -1.64. The summed E-state index contributed by atoms with van der Waals surface area (Å²) in [4.78, 5) is 73.9. The molecule has 10 atom stereocenters. The van der Waals surface area contributed by atoms with Crippen molar-refractivity contribution in [1.29, 1.82) is 0 Å². The molecule has 240 valence electrons. The normalized spacial score (nSPS) is 31.8. The molecule has 0 aromatic carbocycles. The number of azide groups is 1. The van der Waals surface area contributed by atoms with E-state index < -0.39 is 110 Å². The van der Waals surface area contributed by atoms with Gasteiger partial charge in [-0.05, 0) is 5.53 Å². The molecule has 0 spiro atoms. The lowest BCUT2D eigenvalue weighted by atomic mass is 9.95. The highest BCUT2D eigenvalue weighted by atomic mass is 16.8. The number of aliphatic hydroxyl groups excluding tert-OH is 1. The molecule has 19 nitrogen and oxygen atoms in total. The van der Waals surface area contributed by atoms with Gasteiger partial charge in [-0.15, -0.1) is 0 Å². The molecule has 0 amide bonds. The van der Waals surface area contributed by atoms with Gasteiger partial charge in [-0.25, -0.2) is 0 Å². The molecule has 1 unspecified atom stereocenters. The molecule has 0 radical (unpaired) electrons. The summed E-state index contributed by atoms with van der Waals surface area (Å²) in [5.41, 5.74) is 9.17. The second kappa shape index (κ2) is 16.0. The number of esters is 6. The lowest BCUT2D eigenvalue weighted by molar-refractivity contribution is -0.342. The minimum Gasteiger partial charge on any atom is -0.463 e. The molecule has 0 aromatic rings. The molecule has 19 heteroatoms. The van der Waals surface area contributed by atoms with Crippen molar-refractivity contribution in [1.82, 2.24) is 0 Å². The molecule has 2 fully saturated rings. The highest BCUT2D eigenvalue weighted by Gasteiger charge is 2.56. The molecule has 2 aliphatic heterocycles. The van der Waals surface area contributed by atoms with Gasteiger partial charge < -0.3 is 47.7 Å². The maximum absolute atomic E-state index is 12.1. The molecule has 2 heterocycles. The molecule has 2 saturated heterocycles. The first kappa shape index (κ1) is 35.2. The van der Waals surface area contributed by atoms with Crippen LogP contribution in [0.1, 0.15) is 41.5 Å². The first-order chi connectivity index (χ1) is 20.1. The van der Waals surface area contributed by atoms with E-state index >= 15 is 0 Å². The van der Waals surface area contributed by atoms with Crippen LogP contribution in [0.4, 0.5) is 0 Å². The van der Waals surface area contributed by atoms with Crippen molar-refractivity contribution in [3.05, 3.63) is 10.4 Å². The van der Waals surface area contributed by atoms with Crippen LogP contribution in [0, 0.1) is 0 Å². The zero-order valence-corrected chi connectivity index (χ0v) is 24.1. The van der Waals surface area contributed by atoms with E-state index in [9.17, 15) is 33.9 Å². The largest absolute Gasteiger partial charge is 0.463 e. The van der Waals surface area contributed by atoms with E-state index in [1.165, 1.54) is 0 Å². The van der Waals surface area contributed by atoms with Crippen LogP contribution in [-0.4, -0.2) is 115 Å². The highest BCUT2D eigenvalue weighted by Crippen LogP contribution is 2.35. The number of ether oxygens (including phenoxy) is 9.